The molecule has 0 spiro atoms. The summed E-state index contributed by atoms with van der Waals surface area (Å²) in [6.07, 6.45) is 0.448. The van der Waals surface area contributed by atoms with Gasteiger partial charge in [0.05, 0.1) is 0 Å². The van der Waals surface area contributed by atoms with Crippen LogP contribution in [0.5, 0.6) is 0 Å². The fraction of sp³-hybridized carbons (Fsp3) is 0.333. The van der Waals surface area contributed by atoms with Crippen LogP contribution in [0.2, 0.25) is 0 Å². The summed E-state index contributed by atoms with van der Waals surface area (Å²) in [6, 6.07) is 7.94. The van der Waals surface area contributed by atoms with Crippen molar-refractivity contribution in [1.82, 2.24) is 20.5 Å². The van der Waals surface area contributed by atoms with Gasteiger partial charge in [-0.05, 0) is 29.9 Å². The molecule has 1 aromatic carbocycles. The Morgan fingerprint density at radius 2 is 2.00 bits per heavy atom. The zero-order chi connectivity index (χ0) is 16.8. The number of anilines is 1. The lowest BCUT2D eigenvalue weighted by Crippen LogP contribution is -2.25. The lowest BCUT2D eigenvalue weighted by Gasteiger charge is -2.12. The van der Waals surface area contributed by atoms with Crippen molar-refractivity contribution in [2.75, 3.05) is 19.0 Å². The van der Waals surface area contributed by atoms with Crippen LogP contribution in [0.3, 0.4) is 0 Å². The van der Waals surface area contributed by atoms with E-state index in [0.29, 0.717) is 6.54 Å². The minimum atomic E-state index is -0.360. The topological polar surface area (TPSA) is 93.9 Å². The van der Waals surface area contributed by atoms with Crippen molar-refractivity contribution < 1.29 is 4.79 Å². The molecule has 7 nitrogen and oxygen atoms in total. The van der Waals surface area contributed by atoms with E-state index in [0.717, 1.165) is 11.3 Å². The van der Waals surface area contributed by atoms with Gasteiger partial charge in [0.2, 0.25) is 5.91 Å². The number of hydrogen-bond donors (Lipinski definition) is 3. The van der Waals surface area contributed by atoms with Gasteiger partial charge in [-0.1, -0.05) is 12.1 Å². The summed E-state index contributed by atoms with van der Waals surface area (Å²) in [5.74, 6) is -0.134. The van der Waals surface area contributed by atoms with Gasteiger partial charge in [0.25, 0.3) is 5.56 Å². The van der Waals surface area contributed by atoms with E-state index in [-0.39, 0.29) is 34.8 Å². The fourth-order valence-corrected chi connectivity index (χ4v) is 2.11. The maximum absolute atomic E-state index is 11.9. The van der Waals surface area contributed by atoms with Gasteiger partial charge in [0, 0.05) is 39.2 Å². The summed E-state index contributed by atoms with van der Waals surface area (Å²) < 4.78 is 0.171. The molecule has 23 heavy (non-hydrogen) atoms. The number of aryl methyl sites for hydroxylation is 1. The van der Waals surface area contributed by atoms with Gasteiger partial charge < -0.3 is 10.2 Å². The summed E-state index contributed by atoms with van der Waals surface area (Å²) in [7, 11) is 3.95. The first kappa shape index (κ1) is 16.9. The number of nitrogens with one attached hydrogen (secondary N) is 3. The summed E-state index contributed by atoms with van der Waals surface area (Å²) >= 11 is 4.76. The van der Waals surface area contributed by atoms with Gasteiger partial charge in [-0.15, -0.1) is 0 Å². The number of carbonyl (C=O) groups is 1. The van der Waals surface area contributed by atoms with Gasteiger partial charge >= 0.3 is 0 Å². The maximum Gasteiger partial charge on any atom is 0.273 e. The Bertz CT molecular complexity index is 779. The summed E-state index contributed by atoms with van der Waals surface area (Å²) in [5.41, 5.74) is 2.03. The van der Waals surface area contributed by atoms with Crippen LogP contribution >= 0.6 is 12.2 Å². The van der Waals surface area contributed by atoms with Gasteiger partial charge in [0.1, 0.15) is 5.69 Å². The number of rotatable bonds is 6. The second-order valence-corrected chi connectivity index (χ2v) is 5.70. The van der Waals surface area contributed by atoms with Crippen LogP contribution in [-0.2, 0) is 17.8 Å². The molecule has 0 unspecified atom stereocenters. The molecular formula is C15H19N5O2S. The molecule has 1 heterocycles. The van der Waals surface area contributed by atoms with Crippen molar-refractivity contribution in [3.8, 4) is 0 Å². The molecule has 2 aromatic rings. The normalized spacial score (nSPS) is 10.3. The Morgan fingerprint density at radius 3 is 2.61 bits per heavy atom. The molecule has 0 aliphatic heterocycles. The van der Waals surface area contributed by atoms with Gasteiger partial charge in [-0.2, -0.15) is 5.10 Å². The van der Waals surface area contributed by atoms with Crippen molar-refractivity contribution >= 4 is 23.8 Å². The molecule has 0 bridgehead atoms. The third-order valence-electron chi connectivity index (χ3n) is 3.31. The predicted molar refractivity (Wildman–Crippen MR) is 91.0 cm³/mol. The Hall–Kier alpha value is -2.48. The van der Waals surface area contributed by atoms with Crippen molar-refractivity contribution in [2.24, 2.45) is 0 Å². The average Bonchev–Trinajstić information content (AvgIpc) is 2.52. The van der Waals surface area contributed by atoms with Crippen LogP contribution in [0.4, 0.5) is 5.69 Å². The molecule has 122 valence electrons. The first-order valence-electron chi connectivity index (χ1n) is 7.16. The number of carbonyl (C=O) groups excluding carboxylic acids is 1. The highest BCUT2D eigenvalue weighted by atomic mass is 32.1. The van der Waals surface area contributed by atoms with Crippen molar-refractivity contribution in [2.45, 2.75) is 19.4 Å². The largest absolute Gasteiger partial charge is 0.378 e. The van der Waals surface area contributed by atoms with Gasteiger partial charge in [-0.25, -0.2) is 0 Å². The number of aromatic amines is 2. The molecule has 8 heteroatoms. The van der Waals surface area contributed by atoms with Crippen LogP contribution in [0.1, 0.15) is 17.7 Å². The Kier molecular flexibility index (Phi) is 5.64. The Labute approximate surface area is 138 Å². The van der Waals surface area contributed by atoms with E-state index >= 15 is 0 Å². The Balaban J connectivity index is 1.83. The molecule has 1 amide bonds. The highest BCUT2D eigenvalue weighted by Crippen LogP contribution is 2.11. The number of nitrogens with zero attached hydrogens (tertiary/aromatic N) is 2. The van der Waals surface area contributed by atoms with Crippen LogP contribution in [0, 0.1) is 4.77 Å². The lowest BCUT2D eigenvalue weighted by molar-refractivity contribution is -0.121. The molecule has 0 aliphatic carbocycles. The van der Waals surface area contributed by atoms with Crippen molar-refractivity contribution in [3.63, 3.8) is 0 Å². The molecule has 0 saturated carbocycles. The number of H-pyrrole nitrogens is 2. The van der Waals surface area contributed by atoms with E-state index in [1.54, 1.807) is 0 Å². The number of amides is 1. The highest BCUT2D eigenvalue weighted by Gasteiger charge is 2.07. The zero-order valence-electron chi connectivity index (χ0n) is 13.0. The quantitative estimate of drug-likeness (QED) is 0.689. The minimum absolute atomic E-state index is 0.134. The molecule has 1 aromatic heterocycles. The molecule has 2 rings (SSSR count). The first-order chi connectivity index (χ1) is 11.0. The highest BCUT2D eigenvalue weighted by molar-refractivity contribution is 7.71. The van der Waals surface area contributed by atoms with E-state index in [1.165, 1.54) is 0 Å². The number of hydrogen-bond acceptors (Lipinski definition) is 5. The molecule has 0 atom stereocenters. The average molecular weight is 333 g/mol. The van der Waals surface area contributed by atoms with E-state index in [9.17, 15) is 9.59 Å². The SMILES string of the molecule is CN(C)c1ccc(CNC(=O)CCc2n[nH]c(=S)[nH]c2=O)cc1. The predicted octanol–water partition coefficient (Wildman–Crippen LogP) is 1.14. The lowest BCUT2D eigenvalue weighted by atomic mass is 10.2. The van der Waals surface area contributed by atoms with Crippen molar-refractivity contribution in [3.05, 3.63) is 50.6 Å². The third kappa shape index (κ3) is 5.03. The molecular weight excluding hydrogens is 314 g/mol. The summed E-state index contributed by atoms with van der Waals surface area (Å²) in [4.78, 5) is 27.9. The molecule has 3 N–H and O–H groups in total. The second kappa shape index (κ2) is 7.68. The monoisotopic (exact) mass is 333 g/mol. The van der Waals surface area contributed by atoms with E-state index in [4.69, 9.17) is 12.2 Å². The van der Waals surface area contributed by atoms with Crippen LogP contribution < -0.4 is 15.8 Å². The number of aromatic nitrogens is 3. The Morgan fingerprint density at radius 1 is 1.30 bits per heavy atom. The van der Waals surface area contributed by atoms with E-state index in [1.807, 2.05) is 43.3 Å². The molecule has 0 saturated heterocycles. The summed E-state index contributed by atoms with van der Waals surface area (Å²) in [5, 5.41) is 9.17. The van der Waals surface area contributed by atoms with E-state index in [2.05, 4.69) is 20.5 Å². The molecule has 0 radical (unpaired) electrons. The second-order valence-electron chi connectivity index (χ2n) is 5.29. The smallest absolute Gasteiger partial charge is 0.273 e. The molecule has 0 aliphatic rings. The first-order valence-corrected chi connectivity index (χ1v) is 7.57. The van der Waals surface area contributed by atoms with Gasteiger partial charge in [-0.3, -0.25) is 19.7 Å². The molecule has 0 fully saturated rings. The van der Waals surface area contributed by atoms with Crippen LogP contribution in [0.15, 0.2) is 29.1 Å². The standard InChI is InChI=1S/C15H19N5O2S/c1-20(2)11-5-3-10(4-6-11)9-16-13(21)8-7-12-14(22)17-15(23)19-18-12/h3-6H,7-9H2,1-2H3,(H,16,21)(H2,17,19,22,23). The van der Waals surface area contributed by atoms with Crippen LogP contribution in [0.25, 0.3) is 0 Å². The van der Waals surface area contributed by atoms with E-state index < -0.39 is 0 Å². The van der Waals surface area contributed by atoms with Crippen LogP contribution in [-0.4, -0.2) is 35.2 Å². The number of benzene rings is 1. The fourth-order valence-electron chi connectivity index (χ4n) is 1.97. The maximum atomic E-state index is 11.9. The zero-order valence-corrected chi connectivity index (χ0v) is 13.9. The minimum Gasteiger partial charge on any atom is -0.378 e. The van der Waals surface area contributed by atoms with Crippen molar-refractivity contribution in [1.29, 1.82) is 0 Å². The summed E-state index contributed by atoms with van der Waals surface area (Å²) in [6.45, 7) is 0.452. The van der Waals surface area contributed by atoms with Gasteiger partial charge in [0.15, 0.2) is 4.77 Å². The third-order valence-corrected chi connectivity index (χ3v) is 3.51.